The van der Waals surface area contributed by atoms with Gasteiger partial charge in [-0.3, -0.25) is 8.87 Å². The van der Waals surface area contributed by atoms with Crippen molar-refractivity contribution in [1.82, 2.24) is 9.55 Å². The van der Waals surface area contributed by atoms with Crippen molar-refractivity contribution in [3.63, 3.8) is 0 Å². The van der Waals surface area contributed by atoms with Gasteiger partial charge in [0.15, 0.2) is 0 Å². The molecule has 2 rings (SSSR count). The van der Waals surface area contributed by atoms with E-state index in [-0.39, 0.29) is 0 Å². The average Bonchev–Trinajstić information content (AvgIpc) is 2.78. The average molecular weight is 261 g/mol. The molecule has 0 radical (unpaired) electrons. The number of sulfonamides is 1. The van der Waals surface area contributed by atoms with Crippen molar-refractivity contribution in [3.8, 4) is 0 Å². The van der Waals surface area contributed by atoms with Gasteiger partial charge in [0.05, 0.1) is 11.9 Å². The Balaban J connectivity index is 0.000000686. The molecule has 0 unspecified atom stereocenters. The minimum absolute atomic E-state index is 0.366. The number of aromatic nitrogens is 2. The number of imidazole rings is 1. The highest BCUT2D eigenvalue weighted by atomic mass is 32.2. The third-order valence-electron chi connectivity index (χ3n) is 2.43. The quantitative estimate of drug-likeness (QED) is 0.799. The summed E-state index contributed by atoms with van der Waals surface area (Å²) in [4.78, 5) is 4.26. The van der Waals surface area contributed by atoms with E-state index in [0.29, 0.717) is 24.8 Å². The predicted octanol–water partition coefficient (Wildman–Crippen LogP) is 1.10. The van der Waals surface area contributed by atoms with Crippen LogP contribution in [0.25, 0.3) is 0 Å². The monoisotopic (exact) mass is 261 g/mol. The van der Waals surface area contributed by atoms with Gasteiger partial charge in [0.2, 0.25) is 10.0 Å². The van der Waals surface area contributed by atoms with E-state index in [9.17, 15) is 8.42 Å². The fourth-order valence-corrected chi connectivity index (χ4v) is 2.20. The smallest absolute Gasteiger partial charge is 0.233 e. The number of ether oxygens (including phenoxy) is 1. The van der Waals surface area contributed by atoms with Crippen molar-refractivity contribution in [2.45, 2.75) is 34.1 Å². The summed E-state index contributed by atoms with van der Waals surface area (Å²) in [5.74, 6) is 1.36. The van der Waals surface area contributed by atoms with Crippen LogP contribution in [0.2, 0.25) is 0 Å². The Bertz CT molecular complexity index is 493. The molecule has 1 aliphatic heterocycles. The molecule has 0 fully saturated rings. The van der Waals surface area contributed by atoms with E-state index in [1.165, 1.54) is 17.6 Å². The van der Waals surface area contributed by atoms with E-state index >= 15 is 0 Å². The summed E-state index contributed by atoms with van der Waals surface area (Å²) >= 11 is 0. The van der Waals surface area contributed by atoms with Crippen molar-refractivity contribution in [2.24, 2.45) is 0 Å². The first kappa shape index (κ1) is 14.0. The van der Waals surface area contributed by atoms with Gasteiger partial charge in [-0.25, -0.2) is 13.4 Å². The molecule has 0 saturated carbocycles. The molecule has 0 aromatic carbocycles. The van der Waals surface area contributed by atoms with Crippen LogP contribution in [0, 0.1) is 6.92 Å². The van der Waals surface area contributed by atoms with Gasteiger partial charge in [-0.05, 0) is 6.92 Å². The molecule has 0 bridgehead atoms. The Labute approximate surface area is 102 Å². The zero-order valence-electron chi connectivity index (χ0n) is 10.9. The van der Waals surface area contributed by atoms with E-state index in [0.717, 1.165) is 5.82 Å². The summed E-state index contributed by atoms with van der Waals surface area (Å²) in [6.07, 6.45) is 1.17. The highest BCUT2D eigenvalue weighted by Gasteiger charge is 2.25. The normalized spacial score (nSPS) is 13.9. The highest BCUT2D eigenvalue weighted by molar-refractivity contribution is 7.92. The summed E-state index contributed by atoms with van der Waals surface area (Å²) in [5, 5.41) is 0. The minimum Gasteiger partial charge on any atom is -0.353 e. The topological polar surface area (TPSA) is 64.4 Å². The van der Waals surface area contributed by atoms with E-state index < -0.39 is 10.0 Å². The predicted molar refractivity (Wildman–Crippen MR) is 66.3 cm³/mol. The zero-order valence-corrected chi connectivity index (χ0v) is 11.7. The second-order valence-corrected chi connectivity index (χ2v) is 5.59. The first-order chi connectivity index (χ1) is 7.91. The molecule has 1 aromatic heterocycles. The van der Waals surface area contributed by atoms with Crippen molar-refractivity contribution < 1.29 is 13.2 Å². The first-order valence-corrected chi connectivity index (χ1v) is 7.33. The Kier molecular flexibility index (Phi) is 4.16. The molecule has 1 aromatic rings. The van der Waals surface area contributed by atoms with Crippen LogP contribution in [0.3, 0.4) is 0 Å². The van der Waals surface area contributed by atoms with Crippen LogP contribution in [-0.4, -0.2) is 31.3 Å². The third kappa shape index (κ3) is 2.61. The fourth-order valence-electron chi connectivity index (χ4n) is 1.65. The van der Waals surface area contributed by atoms with Crippen LogP contribution < -0.4 is 4.31 Å². The van der Waals surface area contributed by atoms with Gasteiger partial charge in [0, 0.05) is 7.05 Å². The lowest BCUT2D eigenvalue weighted by atomic mass is 10.5. The Morgan fingerprint density at radius 2 is 2.00 bits per heavy atom. The van der Waals surface area contributed by atoms with E-state index in [4.69, 9.17) is 4.74 Å². The summed E-state index contributed by atoms with van der Waals surface area (Å²) in [6, 6.07) is 0. The SMILES string of the molecule is CC.Cc1nc2n(c1N(C)S(C)(=O)=O)COC2. The third-order valence-corrected chi connectivity index (χ3v) is 3.60. The van der Waals surface area contributed by atoms with Crippen LogP contribution >= 0.6 is 0 Å². The summed E-state index contributed by atoms with van der Waals surface area (Å²) in [5.41, 5.74) is 0.709. The van der Waals surface area contributed by atoms with Crippen molar-refractivity contribution >= 4 is 15.8 Å². The van der Waals surface area contributed by atoms with Gasteiger partial charge in [-0.15, -0.1) is 0 Å². The second kappa shape index (κ2) is 5.05. The fraction of sp³-hybridized carbons (Fsp3) is 0.700. The maximum atomic E-state index is 11.4. The lowest BCUT2D eigenvalue weighted by molar-refractivity contribution is 0.108. The van der Waals surface area contributed by atoms with Crippen molar-refractivity contribution in [2.75, 3.05) is 17.6 Å². The zero-order chi connectivity index (χ0) is 13.2. The molecule has 0 spiro atoms. The number of fused-ring (bicyclic) bond motifs is 1. The van der Waals surface area contributed by atoms with Crippen molar-refractivity contribution in [1.29, 1.82) is 0 Å². The molecule has 0 N–H and O–H groups in total. The highest BCUT2D eigenvalue weighted by Crippen LogP contribution is 2.26. The lowest BCUT2D eigenvalue weighted by Gasteiger charge is -2.17. The second-order valence-electron chi connectivity index (χ2n) is 3.57. The van der Waals surface area contributed by atoms with E-state index in [1.54, 1.807) is 11.5 Å². The van der Waals surface area contributed by atoms with Crippen LogP contribution in [-0.2, 0) is 28.1 Å². The molecule has 6 nitrogen and oxygen atoms in total. The first-order valence-electron chi connectivity index (χ1n) is 5.49. The van der Waals surface area contributed by atoms with Crippen LogP contribution in [0.15, 0.2) is 0 Å². The molecular formula is C10H19N3O3S. The van der Waals surface area contributed by atoms with Gasteiger partial charge in [0.1, 0.15) is 25.0 Å². The Morgan fingerprint density at radius 1 is 1.41 bits per heavy atom. The number of nitrogens with zero attached hydrogens (tertiary/aromatic N) is 3. The maximum Gasteiger partial charge on any atom is 0.233 e. The molecular weight excluding hydrogens is 242 g/mol. The van der Waals surface area contributed by atoms with E-state index in [2.05, 4.69) is 4.98 Å². The van der Waals surface area contributed by atoms with Crippen molar-refractivity contribution in [3.05, 3.63) is 11.5 Å². The molecule has 0 aliphatic carbocycles. The minimum atomic E-state index is -3.25. The Hall–Kier alpha value is -1.08. The summed E-state index contributed by atoms with van der Waals surface area (Å²) in [7, 11) is -1.73. The molecule has 2 heterocycles. The number of hydrogen-bond acceptors (Lipinski definition) is 4. The van der Waals surface area contributed by atoms with Gasteiger partial charge in [0.25, 0.3) is 0 Å². The van der Waals surface area contributed by atoms with Gasteiger partial charge >= 0.3 is 0 Å². The van der Waals surface area contributed by atoms with Crippen LogP contribution in [0.4, 0.5) is 5.82 Å². The van der Waals surface area contributed by atoms with Crippen LogP contribution in [0.1, 0.15) is 25.4 Å². The molecule has 0 amide bonds. The Morgan fingerprint density at radius 3 is 2.53 bits per heavy atom. The summed E-state index contributed by atoms with van der Waals surface area (Å²) in [6.45, 7) is 6.60. The molecule has 0 atom stereocenters. The molecule has 0 saturated heterocycles. The lowest BCUT2D eigenvalue weighted by Crippen LogP contribution is -2.27. The standard InChI is InChI=1S/C8H13N3O3S.C2H6/c1-6-8(10(2)15(3,12)13)11-5-14-4-7(11)9-6;1-2/h4-5H2,1-3H3;1-2H3. The van der Waals surface area contributed by atoms with Crippen LogP contribution in [0.5, 0.6) is 0 Å². The van der Waals surface area contributed by atoms with Gasteiger partial charge in [-0.1, -0.05) is 13.8 Å². The summed E-state index contributed by atoms with van der Waals surface area (Å²) < 4.78 is 31.0. The maximum absolute atomic E-state index is 11.4. The number of aryl methyl sites for hydroxylation is 1. The molecule has 7 heteroatoms. The number of hydrogen-bond donors (Lipinski definition) is 0. The largest absolute Gasteiger partial charge is 0.353 e. The van der Waals surface area contributed by atoms with Gasteiger partial charge < -0.3 is 4.74 Å². The molecule has 17 heavy (non-hydrogen) atoms. The number of anilines is 1. The van der Waals surface area contributed by atoms with Gasteiger partial charge in [-0.2, -0.15) is 0 Å². The molecule has 1 aliphatic rings. The van der Waals surface area contributed by atoms with E-state index in [1.807, 2.05) is 13.8 Å². The molecule has 98 valence electrons. The number of rotatable bonds is 2.